The maximum absolute atomic E-state index is 13.2. The number of rotatable bonds is 6. The predicted octanol–water partition coefficient (Wildman–Crippen LogP) is 2.31. The Labute approximate surface area is 199 Å². The molecule has 1 aliphatic carbocycles. The summed E-state index contributed by atoms with van der Waals surface area (Å²) in [5.74, 6) is -3.86. The highest BCUT2D eigenvalue weighted by Crippen LogP contribution is 2.32. The highest BCUT2D eigenvalue weighted by atomic mass is 35.5. The smallest absolute Gasteiger partial charge is 0.395 e. The van der Waals surface area contributed by atoms with Gasteiger partial charge in [-0.25, -0.2) is 0 Å². The minimum atomic E-state index is -5.13. The van der Waals surface area contributed by atoms with Crippen LogP contribution in [0, 0.1) is 10.8 Å². The van der Waals surface area contributed by atoms with Crippen LogP contribution in [0.4, 0.5) is 13.2 Å². The molecule has 1 aromatic rings. The number of hydrogen-bond acceptors (Lipinski definition) is 5. The summed E-state index contributed by atoms with van der Waals surface area (Å²) in [5, 5.41) is 21.8. The standard InChI is InChI=1S/C22H26ClF3N4O4/c1-21(10-23,11-31)19(33)28-15-4-2-3-5-16(15)30-9-13-7-6-12(8-14(13)18(30)32)17(27)29-20(34)22(24,25)26/h6-8,15-16,31H,2-5,9-11H2,1H3,(H,28,33)(H2,27,29,34)/t15-,16?,21+/m0/s1. The van der Waals surface area contributed by atoms with Gasteiger partial charge in [0.05, 0.1) is 18.1 Å². The van der Waals surface area contributed by atoms with Gasteiger partial charge in [-0.05, 0) is 31.4 Å². The number of aliphatic hydroxyl groups is 1. The fraction of sp³-hybridized carbons (Fsp3) is 0.545. The van der Waals surface area contributed by atoms with Crippen molar-refractivity contribution in [2.75, 3.05) is 12.5 Å². The number of benzene rings is 1. The largest absolute Gasteiger partial charge is 0.471 e. The molecule has 0 bridgehead atoms. The third-order valence-electron chi connectivity index (χ3n) is 6.36. The Kier molecular flexibility index (Phi) is 7.56. The van der Waals surface area contributed by atoms with Crippen LogP contribution in [0.5, 0.6) is 0 Å². The van der Waals surface area contributed by atoms with Crippen molar-refractivity contribution in [2.45, 2.75) is 57.4 Å². The predicted molar refractivity (Wildman–Crippen MR) is 117 cm³/mol. The Balaban J connectivity index is 1.77. The monoisotopic (exact) mass is 502 g/mol. The third-order valence-corrected chi connectivity index (χ3v) is 6.95. The van der Waals surface area contributed by atoms with Gasteiger partial charge in [-0.2, -0.15) is 13.2 Å². The van der Waals surface area contributed by atoms with Crippen LogP contribution in [-0.2, 0) is 16.1 Å². The number of carbonyl (C=O) groups is 3. The first kappa shape index (κ1) is 26.0. The summed E-state index contributed by atoms with van der Waals surface area (Å²) in [6.07, 6.45) is -2.15. The molecule has 3 rings (SSSR count). The van der Waals surface area contributed by atoms with E-state index in [0.29, 0.717) is 18.4 Å². The lowest BCUT2D eigenvalue weighted by Gasteiger charge is -2.39. The SMILES string of the molecule is C[C@](CO)(CCl)C(=O)N[C@H]1CCCCC1N1Cc2ccc(C(=N)NC(=O)C(F)(F)F)cc2C1=O. The van der Waals surface area contributed by atoms with E-state index in [0.717, 1.165) is 12.8 Å². The molecule has 1 aliphatic heterocycles. The van der Waals surface area contributed by atoms with Crippen LogP contribution in [0.1, 0.15) is 54.1 Å². The molecule has 2 aliphatic rings. The average molecular weight is 503 g/mol. The molecule has 1 unspecified atom stereocenters. The number of nitrogens with one attached hydrogen (secondary N) is 3. The minimum absolute atomic E-state index is 0.0270. The molecule has 3 atom stereocenters. The lowest BCUT2D eigenvalue weighted by molar-refractivity contribution is -0.171. The second kappa shape index (κ2) is 9.91. The zero-order valence-electron chi connectivity index (χ0n) is 18.5. The average Bonchev–Trinajstić information content (AvgIpc) is 3.13. The van der Waals surface area contributed by atoms with Crippen molar-refractivity contribution in [1.82, 2.24) is 15.5 Å². The Morgan fingerprint density at radius 1 is 1.24 bits per heavy atom. The molecule has 34 heavy (non-hydrogen) atoms. The highest BCUT2D eigenvalue weighted by molar-refractivity contribution is 6.20. The van der Waals surface area contributed by atoms with E-state index in [1.165, 1.54) is 17.4 Å². The molecule has 1 heterocycles. The van der Waals surface area contributed by atoms with Gasteiger partial charge in [0, 0.05) is 29.6 Å². The Morgan fingerprint density at radius 3 is 2.53 bits per heavy atom. The maximum atomic E-state index is 13.2. The number of alkyl halides is 4. The van der Waals surface area contributed by atoms with E-state index in [9.17, 15) is 32.7 Å². The fourth-order valence-electron chi connectivity index (χ4n) is 4.17. The van der Waals surface area contributed by atoms with Gasteiger partial charge in [0.15, 0.2) is 0 Å². The first-order valence-electron chi connectivity index (χ1n) is 10.8. The number of fused-ring (bicyclic) bond motifs is 1. The van der Waals surface area contributed by atoms with Gasteiger partial charge in [-0.3, -0.25) is 19.8 Å². The number of carbonyl (C=O) groups excluding carboxylic acids is 3. The molecule has 1 saturated carbocycles. The Morgan fingerprint density at radius 2 is 1.91 bits per heavy atom. The van der Waals surface area contributed by atoms with E-state index < -0.39 is 35.8 Å². The second-order valence-electron chi connectivity index (χ2n) is 8.92. The van der Waals surface area contributed by atoms with Crippen LogP contribution in [0.3, 0.4) is 0 Å². The summed E-state index contributed by atoms with van der Waals surface area (Å²) in [6, 6.07) is 3.55. The quantitative estimate of drug-likeness (QED) is 0.271. The molecule has 12 heteroatoms. The van der Waals surface area contributed by atoms with E-state index in [-0.39, 0.29) is 41.5 Å². The third kappa shape index (κ3) is 5.20. The van der Waals surface area contributed by atoms with Crippen molar-refractivity contribution in [2.24, 2.45) is 5.41 Å². The fourth-order valence-corrected chi connectivity index (χ4v) is 4.38. The van der Waals surface area contributed by atoms with Crippen molar-refractivity contribution in [1.29, 1.82) is 5.41 Å². The first-order chi connectivity index (χ1) is 15.9. The van der Waals surface area contributed by atoms with Gasteiger partial charge in [-0.15, -0.1) is 11.6 Å². The van der Waals surface area contributed by atoms with Gasteiger partial charge < -0.3 is 20.6 Å². The molecule has 0 radical (unpaired) electrons. The van der Waals surface area contributed by atoms with Gasteiger partial charge in [-0.1, -0.05) is 25.0 Å². The number of nitrogens with zero attached hydrogens (tertiary/aromatic N) is 1. The molecule has 0 aromatic heterocycles. The van der Waals surface area contributed by atoms with E-state index in [1.807, 2.05) is 0 Å². The summed E-state index contributed by atoms with van der Waals surface area (Å²) in [4.78, 5) is 38.7. The van der Waals surface area contributed by atoms with Crippen molar-refractivity contribution in [3.05, 3.63) is 34.9 Å². The van der Waals surface area contributed by atoms with Crippen molar-refractivity contribution in [3.8, 4) is 0 Å². The van der Waals surface area contributed by atoms with Gasteiger partial charge >= 0.3 is 12.1 Å². The molecule has 0 spiro atoms. The molecule has 0 saturated heterocycles. The van der Waals surface area contributed by atoms with Crippen LogP contribution in [-0.4, -0.2) is 64.3 Å². The molecular formula is C22H26ClF3N4O4. The topological polar surface area (TPSA) is 123 Å². The van der Waals surface area contributed by atoms with Crippen molar-refractivity contribution >= 4 is 35.2 Å². The molecule has 3 amide bonds. The lowest BCUT2D eigenvalue weighted by atomic mass is 9.87. The van der Waals surface area contributed by atoms with Crippen LogP contribution >= 0.6 is 11.6 Å². The number of amidine groups is 1. The van der Waals surface area contributed by atoms with Crippen LogP contribution in [0.2, 0.25) is 0 Å². The molecule has 8 nitrogen and oxygen atoms in total. The minimum Gasteiger partial charge on any atom is -0.395 e. The molecule has 186 valence electrons. The number of halogens is 4. The Bertz CT molecular complexity index is 997. The van der Waals surface area contributed by atoms with E-state index in [1.54, 1.807) is 17.9 Å². The van der Waals surface area contributed by atoms with Gasteiger partial charge in [0.1, 0.15) is 5.84 Å². The zero-order valence-corrected chi connectivity index (χ0v) is 19.2. The zero-order chi connectivity index (χ0) is 25.3. The summed E-state index contributed by atoms with van der Waals surface area (Å²) in [6.45, 7) is 1.38. The normalized spacial score (nSPS) is 22.1. The first-order valence-corrected chi connectivity index (χ1v) is 11.3. The molecule has 4 N–H and O–H groups in total. The number of amides is 3. The lowest BCUT2D eigenvalue weighted by Crippen LogP contribution is -2.56. The maximum Gasteiger partial charge on any atom is 0.471 e. The number of hydrogen-bond donors (Lipinski definition) is 4. The van der Waals surface area contributed by atoms with Crippen LogP contribution in [0.25, 0.3) is 0 Å². The molecule has 1 fully saturated rings. The second-order valence-corrected chi connectivity index (χ2v) is 9.18. The van der Waals surface area contributed by atoms with Crippen molar-refractivity contribution in [3.63, 3.8) is 0 Å². The summed E-state index contributed by atoms with van der Waals surface area (Å²) >= 11 is 5.87. The molecule has 1 aromatic carbocycles. The Hall–Kier alpha value is -2.66. The number of aliphatic hydroxyl groups excluding tert-OH is 1. The van der Waals surface area contributed by atoms with Gasteiger partial charge in [0.2, 0.25) is 5.91 Å². The summed E-state index contributed by atoms with van der Waals surface area (Å²) in [5.41, 5.74) is -0.307. The van der Waals surface area contributed by atoms with E-state index in [2.05, 4.69) is 5.32 Å². The summed E-state index contributed by atoms with van der Waals surface area (Å²) in [7, 11) is 0. The van der Waals surface area contributed by atoms with E-state index in [4.69, 9.17) is 17.0 Å². The van der Waals surface area contributed by atoms with Crippen LogP contribution < -0.4 is 10.6 Å². The van der Waals surface area contributed by atoms with Gasteiger partial charge in [0.25, 0.3) is 5.91 Å². The highest BCUT2D eigenvalue weighted by Gasteiger charge is 2.42. The summed E-state index contributed by atoms with van der Waals surface area (Å²) < 4.78 is 37.5. The van der Waals surface area contributed by atoms with E-state index >= 15 is 0 Å². The molecular weight excluding hydrogens is 477 g/mol. The van der Waals surface area contributed by atoms with Crippen LogP contribution in [0.15, 0.2) is 18.2 Å². The van der Waals surface area contributed by atoms with Crippen molar-refractivity contribution < 1.29 is 32.7 Å².